The van der Waals surface area contributed by atoms with Gasteiger partial charge in [0.15, 0.2) is 0 Å². The quantitative estimate of drug-likeness (QED) is 0.576. The minimum atomic E-state index is -3.64. The number of carbonyl (C=O) groups is 1. The van der Waals surface area contributed by atoms with E-state index >= 15 is 0 Å². The van der Waals surface area contributed by atoms with Gasteiger partial charge < -0.3 is 5.11 Å². The lowest BCUT2D eigenvalue weighted by molar-refractivity contribution is -0.144. The number of rotatable bonds is 2. The lowest BCUT2D eigenvalue weighted by Crippen LogP contribution is -2.46. The predicted octanol–water partition coefficient (Wildman–Crippen LogP) is -0.862. The molecule has 2 atom stereocenters. The molecule has 0 amide bonds. The van der Waals surface area contributed by atoms with Crippen LogP contribution in [0.25, 0.3) is 0 Å². The Labute approximate surface area is 64.2 Å². The maximum absolute atomic E-state index is 10.6. The number of hydrogen-bond acceptors (Lipinski definition) is 3. The molecule has 0 aromatic carbocycles. The fourth-order valence-electron chi connectivity index (χ4n) is 1.15. The molecule has 0 bridgehead atoms. The summed E-state index contributed by atoms with van der Waals surface area (Å²) < 4.78 is 21.3. The molecule has 1 aliphatic rings. The minimum absolute atomic E-state index is 0.371. The largest absolute Gasteiger partial charge is 0.481 e. The molecule has 0 heterocycles. The summed E-state index contributed by atoms with van der Waals surface area (Å²) in [6.07, 6.45) is 0.784. The van der Waals surface area contributed by atoms with Crippen molar-refractivity contribution in [3.63, 3.8) is 0 Å². The summed E-state index contributed by atoms with van der Waals surface area (Å²) >= 11 is 0. The van der Waals surface area contributed by atoms with Gasteiger partial charge in [0.25, 0.3) is 0 Å². The predicted molar refractivity (Wildman–Crippen MR) is 37.3 cm³/mol. The van der Waals surface area contributed by atoms with E-state index in [-0.39, 0.29) is 0 Å². The van der Waals surface area contributed by atoms with Crippen molar-refractivity contribution in [3.05, 3.63) is 0 Å². The molecule has 0 unspecified atom stereocenters. The second kappa shape index (κ2) is 2.46. The first-order valence-corrected chi connectivity index (χ1v) is 4.78. The summed E-state index contributed by atoms with van der Waals surface area (Å²) in [5.41, 5.74) is 0. The molecule has 5 nitrogen and oxygen atoms in total. The van der Waals surface area contributed by atoms with Crippen molar-refractivity contribution in [3.8, 4) is 0 Å². The van der Waals surface area contributed by atoms with Gasteiger partial charge in [-0.05, 0) is 12.8 Å². The van der Waals surface area contributed by atoms with Crippen molar-refractivity contribution >= 4 is 16.0 Å². The first-order valence-electron chi connectivity index (χ1n) is 3.17. The van der Waals surface area contributed by atoms with Gasteiger partial charge >= 0.3 is 5.97 Å². The van der Waals surface area contributed by atoms with E-state index in [2.05, 4.69) is 0 Å². The molecule has 11 heavy (non-hydrogen) atoms. The minimum Gasteiger partial charge on any atom is -0.481 e. The Balaban J connectivity index is 2.72. The van der Waals surface area contributed by atoms with Gasteiger partial charge in [0.1, 0.15) is 0 Å². The second-order valence-electron chi connectivity index (χ2n) is 2.65. The van der Waals surface area contributed by atoms with Crippen LogP contribution in [0.3, 0.4) is 0 Å². The van der Waals surface area contributed by atoms with Gasteiger partial charge in [0, 0.05) is 0 Å². The zero-order valence-corrected chi connectivity index (χ0v) is 6.54. The van der Waals surface area contributed by atoms with Gasteiger partial charge in [-0.1, -0.05) is 0 Å². The average Bonchev–Trinajstić information content (AvgIpc) is 1.51. The van der Waals surface area contributed by atoms with Gasteiger partial charge in [0.05, 0.1) is 11.2 Å². The summed E-state index contributed by atoms with van der Waals surface area (Å²) in [6.45, 7) is 0. The van der Waals surface area contributed by atoms with Crippen LogP contribution in [0, 0.1) is 5.92 Å². The van der Waals surface area contributed by atoms with E-state index in [0.29, 0.717) is 12.8 Å². The van der Waals surface area contributed by atoms with Crippen LogP contribution in [-0.2, 0) is 14.8 Å². The van der Waals surface area contributed by atoms with Crippen LogP contribution in [0.1, 0.15) is 12.8 Å². The molecule has 0 aromatic heterocycles. The van der Waals surface area contributed by atoms with Crippen molar-refractivity contribution in [2.24, 2.45) is 11.1 Å². The van der Waals surface area contributed by atoms with Gasteiger partial charge in [-0.2, -0.15) is 0 Å². The number of hydrogen-bond donors (Lipinski definition) is 2. The van der Waals surface area contributed by atoms with Crippen molar-refractivity contribution in [1.82, 2.24) is 0 Å². The highest BCUT2D eigenvalue weighted by Gasteiger charge is 2.43. The van der Waals surface area contributed by atoms with E-state index in [4.69, 9.17) is 10.2 Å². The van der Waals surface area contributed by atoms with E-state index < -0.39 is 27.2 Å². The maximum Gasteiger partial charge on any atom is 0.307 e. The molecule has 0 spiro atoms. The molecule has 0 aliphatic heterocycles. The topological polar surface area (TPSA) is 97.5 Å². The number of aliphatic carboxylic acids is 1. The summed E-state index contributed by atoms with van der Waals surface area (Å²) in [4.78, 5) is 10.3. The molecule has 1 fully saturated rings. The van der Waals surface area contributed by atoms with Crippen LogP contribution in [0.2, 0.25) is 0 Å². The van der Waals surface area contributed by atoms with Crippen LogP contribution in [0.15, 0.2) is 0 Å². The first kappa shape index (κ1) is 8.48. The molecule has 1 aliphatic carbocycles. The summed E-state index contributed by atoms with van der Waals surface area (Å²) in [6, 6.07) is 0. The highest BCUT2D eigenvalue weighted by Crippen LogP contribution is 2.32. The molecule has 64 valence electrons. The van der Waals surface area contributed by atoms with E-state index in [0.717, 1.165) is 0 Å². The maximum atomic E-state index is 10.6. The number of carboxylic acids is 1. The Hall–Kier alpha value is -0.620. The van der Waals surface area contributed by atoms with E-state index in [1.54, 1.807) is 0 Å². The Morgan fingerprint density at radius 3 is 2.09 bits per heavy atom. The molecule has 1 saturated carbocycles. The molecule has 0 aromatic rings. The summed E-state index contributed by atoms with van der Waals surface area (Å²) in [5, 5.41) is 12.4. The van der Waals surface area contributed by atoms with Crippen molar-refractivity contribution in [2.45, 2.75) is 18.1 Å². The third-order valence-corrected chi connectivity index (χ3v) is 3.36. The monoisotopic (exact) mass is 179 g/mol. The third kappa shape index (κ3) is 1.51. The number of nitrogens with two attached hydrogens (primary N) is 1. The van der Waals surface area contributed by atoms with Gasteiger partial charge in [-0.15, -0.1) is 0 Å². The molecular weight excluding hydrogens is 170 g/mol. The fourth-order valence-corrected chi connectivity index (χ4v) is 2.32. The molecule has 6 heteroatoms. The van der Waals surface area contributed by atoms with Crippen LogP contribution >= 0.6 is 0 Å². The van der Waals surface area contributed by atoms with E-state index in [1.807, 2.05) is 0 Å². The van der Waals surface area contributed by atoms with Crippen LogP contribution in [-0.4, -0.2) is 24.7 Å². The van der Waals surface area contributed by atoms with Gasteiger partial charge in [0.2, 0.25) is 10.0 Å². The Bertz CT molecular complexity index is 270. The van der Waals surface area contributed by atoms with E-state index in [1.165, 1.54) is 0 Å². The lowest BCUT2D eigenvalue weighted by atomic mass is 9.85. The van der Waals surface area contributed by atoms with Crippen molar-refractivity contribution < 1.29 is 18.3 Å². The van der Waals surface area contributed by atoms with Gasteiger partial charge in [-0.3, -0.25) is 4.79 Å². The standard InChI is InChI=1S/C5H9NO4S/c6-11(9,10)4-2-1-3(4)5(7)8/h3-4H,1-2H2,(H,7,8)(H2,6,9,10)/t3-,4-/m1/s1. The molecule has 0 saturated heterocycles. The SMILES string of the molecule is NS(=O)(=O)[C@@H]1CC[C@H]1C(=O)O. The number of primary sulfonamides is 1. The van der Waals surface area contributed by atoms with Crippen molar-refractivity contribution in [1.29, 1.82) is 0 Å². The zero-order chi connectivity index (χ0) is 8.65. The second-order valence-corrected chi connectivity index (χ2v) is 4.43. The van der Waals surface area contributed by atoms with Crippen LogP contribution in [0.4, 0.5) is 0 Å². The van der Waals surface area contributed by atoms with E-state index in [9.17, 15) is 13.2 Å². The Kier molecular flexibility index (Phi) is 1.89. The fraction of sp³-hybridized carbons (Fsp3) is 0.800. The Morgan fingerprint density at radius 2 is 2.00 bits per heavy atom. The normalized spacial score (nSPS) is 31.0. The average molecular weight is 179 g/mol. The van der Waals surface area contributed by atoms with Gasteiger partial charge in [-0.25, -0.2) is 13.6 Å². The molecule has 3 N–H and O–H groups in total. The van der Waals surface area contributed by atoms with Crippen molar-refractivity contribution in [2.75, 3.05) is 0 Å². The first-order chi connectivity index (χ1) is 4.93. The molecule has 1 rings (SSSR count). The lowest BCUT2D eigenvalue weighted by Gasteiger charge is -2.30. The van der Waals surface area contributed by atoms with Crippen LogP contribution in [0.5, 0.6) is 0 Å². The zero-order valence-electron chi connectivity index (χ0n) is 5.73. The third-order valence-electron chi connectivity index (χ3n) is 1.95. The number of sulfonamides is 1. The smallest absolute Gasteiger partial charge is 0.307 e. The highest BCUT2D eigenvalue weighted by molar-refractivity contribution is 7.89. The Morgan fingerprint density at radius 1 is 1.45 bits per heavy atom. The summed E-state index contributed by atoms with van der Waals surface area (Å²) in [5.74, 6) is -1.86. The number of carboxylic acid groups (broad SMARTS) is 1. The highest BCUT2D eigenvalue weighted by atomic mass is 32.2. The summed E-state index contributed by atoms with van der Waals surface area (Å²) in [7, 11) is -3.64. The van der Waals surface area contributed by atoms with Crippen LogP contribution < -0.4 is 5.14 Å². The molecule has 0 radical (unpaired) electrons. The molecular formula is C5H9NO4S.